The average Bonchev–Trinajstić information content (AvgIpc) is 2.54. The lowest BCUT2D eigenvalue weighted by atomic mass is 10.1. The topological polar surface area (TPSA) is 24.1 Å². The van der Waals surface area contributed by atoms with Gasteiger partial charge in [0.2, 0.25) is 0 Å². The van der Waals surface area contributed by atoms with Gasteiger partial charge in [-0.2, -0.15) is 0 Å². The molecule has 2 nitrogen and oxygen atoms in total. The van der Waals surface area contributed by atoms with Crippen LogP contribution < -0.4 is 10.6 Å². The van der Waals surface area contributed by atoms with E-state index >= 15 is 0 Å². The highest BCUT2D eigenvalue weighted by Crippen LogP contribution is 2.12. The summed E-state index contributed by atoms with van der Waals surface area (Å²) >= 11 is 11.3. The van der Waals surface area contributed by atoms with Crippen LogP contribution in [0.2, 0.25) is 5.02 Å². The molecular weight excluding hydrogens is 324 g/mol. The maximum Gasteiger partial charge on any atom is 0.170 e. The van der Waals surface area contributed by atoms with Gasteiger partial charge >= 0.3 is 0 Å². The SMILES string of the molecule is CCCCc1ccc(NC(=S)NCCc2cccc(Cl)c2)cc1. The molecule has 0 radical (unpaired) electrons. The highest BCUT2D eigenvalue weighted by molar-refractivity contribution is 7.80. The Labute approximate surface area is 149 Å². The number of hydrogen-bond acceptors (Lipinski definition) is 1. The number of nitrogens with one attached hydrogen (secondary N) is 2. The van der Waals surface area contributed by atoms with E-state index in [1.165, 1.54) is 24.0 Å². The van der Waals surface area contributed by atoms with Crippen LogP contribution in [0, 0.1) is 0 Å². The Balaban J connectivity index is 1.74. The third kappa shape index (κ3) is 6.59. The van der Waals surface area contributed by atoms with E-state index in [0.717, 1.165) is 30.1 Å². The summed E-state index contributed by atoms with van der Waals surface area (Å²) in [5.74, 6) is 0. The molecule has 0 saturated heterocycles. The van der Waals surface area contributed by atoms with Gasteiger partial charge in [-0.15, -0.1) is 0 Å². The quantitative estimate of drug-likeness (QED) is 0.673. The van der Waals surface area contributed by atoms with E-state index in [9.17, 15) is 0 Å². The normalized spacial score (nSPS) is 10.3. The molecule has 4 heteroatoms. The molecule has 2 aromatic carbocycles. The van der Waals surface area contributed by atoms with Crippen LogP contribution in [0.25, 0.3) is 0 Å². The summed E-state index contributed by atoms with van der Waals surface area (Å²) in [5.41, 5.74) is 3.59. The first-order chi connectivity index (χ1) is 11.2. The van der Waals surface area contributed by atoms with Crippen LogP contribution in [0.5, 0.6) is 0 Å². The fraction of sp³-hybridized carbons (Fsp3) is 0.316. The number of rotatable bonds is 7. The highest BCUT2D eigenvalue weighted by atomic mass is 35.5. The predicted octanol–water partition coefficient (Wildman–Crippen LogP) is 5.21. The molecule has 0 amide bonds. The Morgan fingerprint density at radius 2 is 1.83 bits per heavy atom. The summed E-state index contributed by atoms with van der Waals surface area (Å²) in [6.45, 7) is 2.99. The van der Waals surface area contributed by atoms with Gasteiger partial charge in [-0.25, -0.2) is 0 Å². The lowest BCUT2D eigenvalue weighted by Gasteiger charge is -2.11. The Morgan fingerprint density at radius 1 is 1.04 bits per heavy atom. The second kappa shape index (κ2) is 9.53. The van der Waals surface area contributed by atoms with E-state index in [1.54, 1.807) is 0 Å². The number of hydrogen-bond donors (Lipinski definition) is 2. The van der Waals surface area contributed by atoms with Gasteiger partial charge in [-0.05, 0) is 66.9 Å². The summed E-state index contributed by atoms with van der Waals surface area (Å²) in [7, 11) is 0. The molecule has 122 valence electrons. The molecule has 0 atom stereocenters. The zero-order chi connectivity index (χ0) is 16.5. The largest absolute Gasteiger partial charge is 0.362 e. The van der Waals surface area contributed by atoms with E-state index in [4.69, 9.17) is 23.8 Å². The van der Waals surface area contributed by atoms with Crippen molar-refractivity contribution in [2.45, 2.75) is 32.6 Å². The van der Waals surface area contributed by atoms with Crippen LogP contribution in [0.15, 0.2) is 48.5 Å². The van der Waals surface area contributed by atoms with Crippen molar-refractivity contribution >= 4 is 34.6 Å². The Morgan fingerprint density at radius 3 is 2.52 bits per heavy atom. The van der Waals surface area contributed by atoms with Crippen molar-refractivity contribution in [1.29, 1.82) is 0 Å². The zero-order valence-electron chi connectivity index (χ0n) is 13.4. The number of anilines is 1. The summed E-state index contributed by atoms with van der Waals surface area (Å²) in [6, 6.07) is 16.4. The summed E-state index contributed by atoms with van der Waals surface area (Å²) in [5, 5.41) is 7.86. The second-order valence-corrected chi connectivity index (χ2v) is 6.41. The maximum atomic E-state index is 5.98. The molecule has 0 unspecified atom stereocenters. The number of benzene rings is 2. The minimum Gasteiger partial charge on any atom is -0.362 e. The van der Waals surface area contributed by atoms with Crippen molar-refractivity contribution in [2.75, 3.05) is 11.9 Å². The maximum absolute atomic E-state index is 5.98. The minimum atomic E-state index is 0.647. The molecule has 0 saturated carbocycles. The summed E-state index contributed by atoms with van der Waals surface area (Å²) in [4.78, 5) is 0. The fourth-order valence-corrected chi connectivity index (χ4v) is 2.76. The van der Waals surface area contributed by atoms with Gasteiger partial charge in [-0.3, -0.25) is 0 Å². The lowest BCUT2D eigenvalue weighted by Crippen LogP contribution is -2.30. The Bertz CT molecular complexity index is 626. The van der Waals surface area contributed by atoms with Crippen LogP contribution in [0.1, 0.15) is 30.9 Å². The smallest absolute Gasteiger partial charge is 0.170 e. The van der Waals surface area contributed by atoms with Crippen molar-refractivity contribution in [3.05, 3.63) is 64.7 Å². The predicted molar refractivity (Wildman–Crippen MR) is 104 cm³/mol. The number of thiocarbonyl (C=S) groups is 1. The van der Waals surface area contributed by atoms with Gasteiger partial charge in [0.25, 0.3) is 0 Å². The van der Waals surface area contributed by atoms with E-state index in [0.29, 0.717) is 5.11 Å². The van der Waals surface area contributed by atoms with Crippen LogP contribution in [0.4, 0.5) is 5.69 Å². The number of unbranched alkanes of at least 4 members (excludes halogenated alkanes) is 1. The molecule has 23 heavy (non-hydrogen) atoms. The van der Waals surface area contributed by atoms with E-state index in [1.807, 2.05) is 18.2 Å². The molecule has 0 bridgehead atoms. The molecule has 0 fully saturated rings. The molecule has 0 spiro atoms. The molecule has 0 aliphatic carbocycles. The van der Waals surface area contributed by atoms with Crippen molar-refractivity contribution in [2.24, 2.45) is 0 Å². The van der Waals surface area contributed by atoms with Crippen molar-refractivity contribution in [3.8, 4) is 0 Å². The summed E-state index contributed by atoms with van der Waals surface area (Å²) < 4.78 is 0. The molecular formula is C19H23ClN2S. The Hall–Kier alpha value is -1.58. The number of halogens is 1. The fourth-order valence-electron chi connectivity index (χ4n) is 2.32. The van der Waals surface area contributed by atoms with Crippen LogP contribution in [0.3, 0.4) is 0 Å². The van der Waals surface area contributed by atoms with Gasteiger partial charge in [0.1, 0.15) is 0 Å². The second-order valence-electron chi connectivity index (χ2n) is 5.56. The van der Waals surface area contributed by atoms with E-state index in [-0.39, 0.29) is 0 Å². The molecule has 0 aliphatic rings. The van der Waals surface area contributed by atoms with E-state index < -0.39 is 0 Å². The first kappa shape index (κ1) is 17.8. The third-order valence-electron chi connectivity index (χ3n) is 3.62. The third-order valence-corrected chi connectivity index (χ3v) is 4.10. The Kier molecular flexibility index (Phi) is 7.37. The van der Waals surface area contributed by atoms with E-state index in [2.05, 4.69) is 47.9 Å². The summed E-state index contributed by atoms with van der Waals surface area (Å²) in [6.07, 6.45) is 4.48. The van der Waals surface area contributed by atoms with Crippen LogP contribution in [-0.4, -0.2) is 11.7 Å². The van der Waals surface area contributed by atoms with Crippen LogP contribution >= 0.6 is 23.8 Å². The van der Waals surface area contributed by atoms with Crippen molar-refractivity contribution < 1.29 is 0 Å². The van der Waals surface area contributed by atoms with Gasteiger partial charge in [-0.1, -0.05) is 49.2 Å². The average molecular weight is 347 g/mol. The minimum absolute atomic E-state index is 0.647. The van der Waals surface area contributed by atoms with Gasteiger partial charge in [0.05, 0.1) is 0 Å². The first-order valence-electron chi connectivity index (χ1n) is 8.05. The highest BCUT2D eigenvalue weighted by Gasteiger charge is 1.99. The molecule has 2 rings (SSSR count). The van der Waals surface area contributed by atoms with Crippen molar-refractivity contribution in [1.82, 2.24) is 5.32 Å². The molecule has 0 aromatic heterocycles. The van der Waals surface area contributed by atoms with Gasteiger partial charge < -0.3 is 10.6 Å². The first-order valence-corrected chi connectivity index (χ1v) is 8.84. The molecule has 2 aromatic rings. The monoisotopic (exact) mass is 346 g/mol. The van der Waals surface area contributed by atoms with Crippen LogP contribution in [-0.2, 0) is 12.8 Å². The standard InChI is InChI=1S/C19H23ClN2S/c1-2-3-5-15-8-10-18(11-9-15)22-19(23)21-13-12-16-6-4-7-17(20)14-16/h4,6-11,14H,2-3,5,12-13H2,1H3,(H2,21,22,23). The van der Waals surface area contributed by atoms with Gasteiger partial charge in [0.15, 0.2) is 5.11 Å². The number of aryl methyl sites for hydroxylation is 1. The molecule has 0 aliphatic heterocycles. The van der Waals surface area contributed by atoms with Crippen molar-refractivity contribution in [3.63, 3.8) is 0 Å². The van der Waals surface area contributed by atoms with Gasteiger partial charge in [0, 0.05) is 17.3 Å². The molecule has 0 heterocycles. The zero-order valence-corrected chi connectivity index (χ0v) is 15.0. The lowest BCUT2D eigenvalue weighted by molar-refractivity contribution is 0.795. The molecule has 2 N–H and O–H groups in total.